The van der Waals surface area contributed by atoms with E-state index in [9.17, 15) is 4.39 Å². The van der Waals surface area contributed by atoms with Crippen molar-refractivity contribution < 1.29 is 4.39 Å². The van der Waals surface area contributed by atoms with Crippen LogP contribution < -0.4 is 0 Å². The molecular weight excluding hydrogens is 179 g/mol. The highest BCUT2D eigenvalue weighted by Crippen LogP contribution is 2.21. The van der Waals surface area contributed by atoms with Crippen LogP contribution in [0, 0.1) is 5.82 Å². The monoisotopic (exact) mass is 188 g/mol. The second kappa shape index (κ2) is 3.46. The number of rotatable bonds is 2. The Hall–Kier alpha value is -1.90. The Morgan fingerprint density at radius 2 is 2.29 bits per heavy atom. The first-order valence-corrected chi connectivity index (χ1v) is 4.23. The third kappa shape index (κ3) is 1.44. The Bertz CT molecular complexity index is 446. The second-order valence-electron chi connectivity index (χ2n) is 2.87. The first kappa shape index (κ1) is 8.69. The van der Waals surface area contributed by atoms with Crippen LogP contribution in [-0.2, 0) is 0 Å². The average Bonchev–Trinajstić information content (AvgIpc) is 2.70. The molecule has 1 aromatic heterocycles. The minimum atomic E-state index is -0.268. The number of halogens is 1. The van der Waals surface area contributed by atoms with Crippen molar-refractivity contribution >= 4 is 6.08 Å². The highest BCUT2D eigenvalue weighted by molar-refractivity contribution is 5.70. The molecule has 0 amide bonds. The molecule has 0 aliphatic carbocycles. The molecule has 0 spiro atoms. The van der Waals surface area contributed by atoms with Gasteiger partial charge in [0.25, 0.3) is 0 Å². The van der Waals surface area contributed by atoms with Crippen LogP contribution in [0.3, 0.4) is 0 Å². The number of hydrogen-bond acceptors (Lipinski definition) is 1. The van der Waals surface area contributed by atoms with E-state index in [0.717, 1.165) is 17.0 Å². The minimum Gasteiger partial charge on any atom is -0.345 e. The number of benzene rings is 1. The van der Waals surface area contributed by atoms with Crippen LogP contribution in [0.25, 0.3) is 17.5 Å². The summed E-state index contributed by atoms with van der Waals surface area (Å²) in [6.45, 7) is 3.63. The van der Waals surface area contributed by atoms with Crippen molar-refractivity contribution in [2.24, 2.45) is 0 Å². The third-order valence-corrected chi connectivity index (χ3v) is 1.99. The van der Waals surface area contributed by atoms with Crippen LogP contribution in [0.5, 0.6) is 0 Å². The fraction of sp³-hybridized carbons (Fsp3) is 0. The van der Waals surface area contributed by atoms with E-state index in [4.69, 9.17) is 0 Å². The predicted molar refractivity (Wildman–Crippen MR) is 54.1 cm³/mol. The Labute approximate surface area is 81.1 Å². The quantitative estimate of drug-likeness (QED) is 0.771. The first-order valence-electron chi connectivity index (χ1n) is 4.23. The normalized spacial score (nSPS) is 10.1. The van der Waals surface area contributed by atoms with Crippen molar-refractivity contribution in [3.05, 3.63) is 48.6 Å². The van der Waals surface area contributed by atoms with E-state index in [1.54, 1.807) is 24.5 Å². The van der Waals surface area contributed by atoms with Crippen LogP contribution in [0.2, 0.25) is 0 Å². The maximum absolute atomic E-state index is 12.9. The largest absolute Gasteiger partial charge is 0.345 e. The number of aromatic nitrogens is 2. The summed E-state index contributed by atoms with van der Waals surface area (Å²) in [4.78, 5) is 7.07. The van der Waals surface area contributed by atoms with Crippen LogP contribution in [0.1, 0.15) is 5.56 Å². The van der Waals surface area contributed by atoms with Crippen LogP contribution in [0.4, 0.5) is 4.39 Å². The van der Waals surface area contributed by atoms with E-state index in [1.807, 2.05) is 0 Å². The molecule has 0 fully saturated rings. The topological polar surface area (TPSA) is 28.7 Å². The molecule has 0 saturated carbocycles. The molecule has 1 N–H and O–H groups in total. The van der Waals surface area contributed by atoms with Gasteiger partial charge in [0, 0.05) is 18.0 Å². The summed E-state index contributed by atoms with van der Waals surface area (Å²) in [5, 5.41) is 0. The Kier molecular flexibility index (Phi) is 2.14. The average molecular weight is 188 g/mol. The summed E-state index contributed by atoms with van der Waals surface area (Å²) in [7, 11) is 0. The molecule has 70 valence electrons. The second-order valence-corrected chi connectivity index (χ2v) is 2.87. The van der Waals surface area contributed by atoms with E-state index in [0.29, 0.717) is 0 Å². The van der Waals surface area contributed by atoms with Gasteiger partial charge >= 0.3 is 0 Å². The van der Waals surface area contributed by atoms with Gasteiger partial charge in [-0.1, -0.05) is 12.7 Å². The Morgan fingerprint density at radius 1 is 1.43 bits per heavy atom. The Morgan fingerprint density at radius 3 is 2.93 bits per heavy atom. The van der Waals surface area contributed by atoms with Gasteiger partial charge in [-0.05, 0) is 23.8 Å². The molecule has 1 heterocycles. The van der Waals surface area contributed by atoms with Gasteiger partial charge in [0.05, 0.1) is 0 Å². The van der Waals surface area contributed by atoms with E-state index < -0.39 is 0 Å². The van der Waals surface area contributed by atoms with E-state index in [1.165, 1.54) is 12.1 Å². The van der Waals surface area contributed by atoms with E-state index in [2.05, 4.69) is 16.5 Å². The SMILES string of the molecule is C=Cc1cc(F)ccc1-c1ncc[nH]1. The molecule has 0 unspecified atom stereocenters. The molecule has 0 aliphatic rings. The van der Waals surface area contributed by atoms with Crippen LogP contribution in [-0.4, -0.2) is 9.97 Å². The van der Waals surface area contributed by atoms with Gasteiger partial charge in [-0.25, -0.2) is 9.37 Å². The molecule has 14 heavy (non-hydrogen) atoms. The van der Waals surface area contributed by atoms with Crippen molar-refractivity contribution in [1.82, 2.24) is 9.97 Å². The lowest BCUT2D eigenvalue weighted by Gasteiger charge is -2.02. The van der Waals surface area contributed by atoms with Gasteiger partial charge in [-0.2, -0.15) is 0 Å². The van der Waals surface area contributed by atoms with Crippen LogP contribution in [0.15, 0.2) is 37.2 Å². The van der Waals surface area contributed by atoms with Gasteiger partial charge < -0.3 is 4.98 Å². The van der Waals surface area contributed by atoms with Crippen molar-refractivity contribution in [1.29, 1.82) is 0 Å². The maximum atomic E-state index is 12.9. The Balaban J connectivity index is 2.58. The number of nitrogens with one attached hydrogen (secondary N) is 1. The molecule has 1 aromatic carbocycles. The van der Waals surface area contributed by atoms with E-state index >= 15 is 0 Å². The summed E-state index contributed by atoms with van der Waals surface area (Å²) in [5.41, 5.74) is 1.59. The minimum absolute atomic E-state index is 0.268. The van der Waals surface area contributed by atoms with Crippen molar-refractivity contribution in [3.63, 3.8) is 0 Å². The molecule has 2 nitrogen and oxygen atoms in total. The molecule has 2 aromatic rings. The fourth-order valence-corrected chi connectivity index (χ4v) is 1.33. The third-order valence-electron chi connectivity index (χ3n) is 1.99. The molecule has 3 heteroatoms. The van der Waals surface area contributed by atoms with Crippen molar-refractivity contribution in [3.8, 4) is 11.4 Å². The molecular formula is C11H9FN2. The molecule has 0 aliphatic heterocycles. The highest BCUT2D eigenvalue weighted by atomic mass is 19.1. The van der Waals surface area contributed by atoms with Gasteiger partial charge in [-0.3, -0.25) is 0 Å². The molecule has 0 atom stereocenters. The number of H-pyrrole nitrogens is 1. The highest BCUT2D eigenvalue weighted by Gasteiger charge is 2.05. The summed E-state index contributed by atoms with van der Waals surface area (Å²) in [6.07, 6.45) is 5.00. The number of nitrogens with zero attached hydrogens (tertiary/aromatic N) is 1. The lowest BCUT2D eigenvalue weighted by molar-refractivity contribution is 0.627. The lowest BCUT2D eigenvalue weighted by atomic mass is 10.1. The summed E-state index contributed by atoms with van der Waals surface area (Å²) in [5.74, 6) is 0.454. The zero-order valence-electron chi connectivity index (χ0n) is 7.50. The predicted octanol–water partition coefficient (Wildman–Crippen LogP) is 2.86. The molecule has 0 saturated heterocycles. The number of hydrogen-bond donors (Lipinski definition) is 1. The molecule has 0 bridgehead atoms. The smallest absolute Gasteiger partial charge is 0.137 e. The first-order chi connectivity index (χ1) is 6.81. The molecule has 0 radical (unpaired) electrons. The summed E-state index contributed by atoms with van der Waals surface area (Å²) < 4.78 is 12.9. The van der Waals surface area contributed by atoms with Crippen molar-refractivity contribution in [2.45, 2.75) is 0 Å². The lowest BCUT2D eigenvalue weighted by Crippen LogP contribution is -1.86. The standard InChI is InChI=1S/C11H9FN2/c1-2-8-7-9(12)3-4-10(8)11-13-5-6-14-11/h2-7H,1H2,(H,13,14). The number of aromatic amines is 1. The summed E-state index contributed by atoms with van der Waals surface area (Å²) >= 11 is 0. The zero-order valence-corrected chi connectivity index (χ0v) is 7.50. The van der Waals surface area contributed by atoms with E-state index in [-0.39, 0.29) is 5.82 Å². The van der Waals surface area contributed by atoms with Gasteiger partial charge in [0.1, 0.15) is 11.6 Å². The fourth-order valence-electron chi connectivity index (χ4n) is 1.33. The maximum Gasteiger partial charge on any atom is 0.137 e. The van der Waals surface area contributed by atoms with Crippen LogP contribution >= 0.6 is 0 Å². The van der Waals surface area contributed by atoms with Gasteiger partial charge in [0.15, 0.2) is 0 Å². The number of imidazole rings is 1. The zero-order chi connectivity index (χ0) is 9.97. The van der Waals surface area contributed by atoms with Crippen molar-refractivity contribution in [2.75, 3.05) is 0 Å². The van der Waals surface area contributed by atoms with Gasteiger partial charge in [-0.15, -0.1) is 0 Å². The summed E-state index contributed by atoms with van der Waals surface area (Å²) in [6, 6.07) is 4.53. The van der Waals surface area contributed by atoms with Gasteiger partial charge in [0.2, 0.25) is 0 Å². The molecule has 2 rings (SSSR count).